The molecule has 0 aliphatic heterocycles. The van der Waals surface area contributed by atoms with Gasteiger partial charge in [0.05, 0.1) is 5.69 Å². The van der Waals surface area contributed by atoms with Gasteiger partial charge in [-0.1, -0.05) is 6.07 Å². The molecule has 0 unspecified atom stereocenters. The zero-order valence-electron chi connectivity index (χ0n) is 9.48. The molecule has 0 aliphatic rings. The van der Waals surface area contributed by atoms with Gasteiger partial charge in [-0.25, -0.2) is 4.39 Å². The van der Waals surface area contributed by atoms with Crippen molar-refractivity contribution in [2.45, 2.75) is 13.5 Å². The van der Waals surface area contributed by atoms with Gasteiger partial charge in [-0.15, -0.1) is 0 Å². The highest BCUT2D eigenvalue weighted by molar-refractivity contribution is 5.34. The molecule has 0 radical (unpaired) electrons. The molecule has 1 aromatic carbocycles. The van der Waals surface area contributed by atoms with E-state index in [0.29, 0.717) is 18.0 Å². The second-order valence-corrected chi connectivity index (χ2v) is 3.72. The van der Waals surface area contributed by atoms with Crippen molar-refractivity contribution in [3.05, 3.63) is 53.6 Å². The number of hydrogen-bond acceptors (Lipinski definition) is 3. The summed E-state index contributed by atoms with van der Waals surface area (Å²) in [6.45, 7) is 2.21. The Morgan fingerprint density at radius 1 is 1.29 bits per heavy atom. The third-order valence-electron chi connectivity index (χ3n) is 2.31. The van der Waals surface area contributed by atoms with Gasteiger partial charge >= 0.3 is 0 Å². The number of aryl methyl sites for hydroxylation is 1. The van der Waals surface area contributed by atoms with Crippen LogP contribution in [0, 0.1) is 12.7 Å². The predicted octanol–water partition coefficient (Wildman–Crippen LogP) is 2.78. The lowest BCUT2D eigenvalue weighted by atomic mass is 10.2. The van der Waals surface area contributed by atoms with Crippen LogP contribution in [-0.2, 0) is 6.54 Å². The first kappa shape index (κ1) is 11.5. The SMILES string of the molecule is Cc1ccc(F)c(Oc2ccnc(CN)c2)c1. The summed E-state index contributed by atoms with van der Waals surface area (Å²) in [5.74, 6) is 0.353. The number of nitrogens with zero attached hydrogens (tertiary/aromatic N) is 1. The Labute approximate surface area is 99.1 Å². The van der Waals surface area contributed by atoms with E-state index in [1.165, 1.54) is 6.07 Å². The van der Waals surface area contributed by atoms with E-state index in [9.17, 15) is 4.39 Å². The molecule has 0 atom stereocenters. The maximum atomic E-state index is 13.5. The highest BCUT2D eigenvalue weighted by Crippen LogP contribution is 2.25. The van der Waals surface area contributed by atoms with Crippen molar-refractivity contribution in [2.75, 3.05) is 0 Å². The molecular weight excluding hydrogens is 219 g/mol. The predicted molar refractivity (Wildman–Crippen MR) is 63.3 cm³/mol. The van der Waals surface area contributed by atoms with Gasteiger partial charge < -0.3 is 10.5 Å². The molecule has 1 heterocycles. The summed E-state index contributed by atoms with van der Waals surface area (Å²) in [5.41, 5.74) is 7.12. The second kappa shape index (κ2) is 4.93. The van der Waals surface area contributed by atoms with Crippen molar-refractivity contribution in [3.63, 3.8) is 0 Å². The highest BCUT2D eigenvalue weighted by Gasteiger charge is 2.05. The summed E-state index contributed by atoms with van der Waals surface area (Å²) >= 11 is 0. The molecule has 88 valence electrons. The molecular formula is C13H13FN2O. The monoisotopic (exact) mass is 232 g/mol. The number of rotatable bonds is 3. The molecule has 2 rings (SSSR count). The van der Waals surface area contributed by atoms with Crippen LogP contribution in [0.15, 0.2) is 36.5 Å². The molecule has 0 bridgehead atoms. The smallest absolute Gasteiger partial charge is 0.165 e. The van der Waals surface area contributed by atoms with E-state index < -0.39 is 0 Å². The van der Waals surface area contributed by atoms with Gasteiger partial charge in [-0.05, 0) is 30.7 Å². The van der Waals surface area contributed by atoms with E-state index >= 15 is 0 Å². The molecule has 0 spiro atoms. The summed E-state index contributed by atoms with van der Waals surface area (Å²) in [4.78, 5) is 4.04. The number of halogens is 1. The van der Waals surface area contributed by atoms with Crippen LogP contribution in [0.1, 0.15) is 11.3 Å². The molecule has 4 heteroatoms. The number of pyridine rings is 1. The Balaban J connectivity index is 2.27. The van der Waals surface area contributed by atoms with Gasteiger partial charge in [0.2, 0.25) is 0 Å². The quantitative estimate of drug-likeness (QED) is 0.885. The third-order valence-corrected chi connectivity index (χ3v) is 2.31. The minimum absolute atomic E-state index is 0.208. The van der Waals surface area contributed by atoms with Crippen LogP contribution in [0.3, 0.4) is 0 Å². The van der Waals surface area contributed by atoms with Crippen LogP contribution in [0.2, 0.25) is 0 Å². The molecule has 3 nitrogen and oxygen atoms in total. The molecule has 2 N–H and O–H groups in total. The Morgan fingerprint density at radius 2 is 2.12 bits per heavy atom. The molecule has 0 aliphatic carbocycles. The standard InChI is InChI=1S/C13H13FN2O/c1-9-2-3-12(14)13(6-9)17-11-4-5-16-10(7-11)8-15/h2-7H,8,15H2,1H3. The van der Waals surface area contributed by atoms with Gasteiger partial charge in [0.15, 0.2) is 11.6 Å². The lowest BCUT2D eigenvalue weighted by Crippen LogP contribution is -1.99. The van der Waals surface area contributed by atoms with E-state index in [1.54, 1.807) is 30.5 Å². The first-order chi connectivity index (χ1) is 8.19. The fraction of sp³-hybridized carbons (Fsp3) is 0.154. The van der Waals surface area contributed by atoms with E-state index in [0.717, 1.165) is 5.56 Å². The maximum Gasteiger partial charge on any atom is 0.165 e. The topological polar surface area (TPSA) is 48.1 Å². The van der Waals surface area contributed by atoms with Crippen LogP contribution in [-0.4, -0.2) is 4.98 Å². The molecule has 0 saturated heterocycles. The van der Waals surface area contributed by atoms with Crippen LogP contribution in [0.5, 0.6) is 11.5 Å². The van der Waals surface area contributed by atoms with Crippen molar-refractivity contribution < 1.29 is 9.13 Å². The van der Waals surface area contributed by atoms with Gasteiger partial charge in [0, 0.05) is 18.8 Å². The Hall–Kier alpha value is -1.94. The van der Waals surface area contributed by atoms with Gasteiger partial charge in [0.1, 0.15) is 5.75 Å². The van der Waals surface area contributed by atoms with Crippen LogP contribution in [0.4, 0.5) is 4.39 Å². The minimum Gasteiger partial charge on any atom is -0.454 e. The molecule has 17 heavy (non-hydrogen) atoms. The molecule has 0 amide bonds. The molecule has 0 saturated carbocycles. The minimum atomic E-state index is -0.387. The third kappa shape index (κ3) is 2.79. The fourth-order valence-electron chi connectivity index (χ4n) is 1.45. The molecule has 1 aromatic heterocycles. The summed E-state index contributed by atoms with van der Waals surface area (Å²) in [7, 11) is 0. The zero-order chi connectivity index (χ0) is 12.3. The zero-order valence-corrected chi connectivity index (χ0v) is 9.48. The van der Waals surface area contributed by atoms with E-state index in [4.69, 9.17) is 10.5 Å². The number of benzene rings is 1. The van der Waals surface area contributed by atoms with Crippen molar-refractivity contribution in [3.8, 4) is 11.5 Å². The van der Waals surface area contributed by atoms with Crippen LogP contribution >= 0.6 is 0 Å². The van der Waals surface area contributed by atoms with Crippen LogP contribution in [0.25, 0.3) is 0 Å². The Bertz CT molecular complexity index is 529. The number of nitrogens with two attached hydrogens (primary N) is 1. The second-order valence-electron chi connectivity index (χ2n) is 3.72. The van der Waals surface area contributed by atoms with Crippen molar-refractivity contribution in [1.82, 2.24) is 4.98 Å². The number of hydrogen-bond donors (Lipinski definition) is 1. The van der Waals surface area contributed by atoms with Crippen molar-refractivity contribution >= 4 is 0 Å². The number of ether oxygens (including phenoxy) is 1. The lowest BCUT2D eigenvalue weighted by Gasteiger charge is -2.08. The molecule has 2 aromatic rings. The lowest BCUT2D eigenvalue weighted by molar-refractivity contribution is 0.440. The normalized spacial score (nSPS) is 10.3. The summed E-state index contributed by atoms with van der Waals surface area (Å²) in [6.07, 6.45) is 1.59. The first-order valence-electron chi connectivity index (χ1n) is 5.28. The van der Waals surface area contributed by atoms with Crippen LogP contribution < -0.4 is 10.5 Å². The average Bonchev–Trinajstić information content (AvgIpc) is 2.34. The Morgan fingerprint density at radius 3 is 2.88 bits per heavy atom. The summed E-state index contributed by atoms with van der Waals surface area (Å²) in [6, 6.07) is 8.09. The van der Waals surface area contributed by atoms with E-state index in [-0.39, 0.29) is 11.6 Å². The average molecular weight is 232 g/mol. The maximum absolute atomic E-state index is 13.5. The summed E-state index contributed by atoms with van der Waals surface area (Å²) in [5, 5.41) is 0. The van der Waals surface area contributed by atoms with E-state index in [1.807, 2.05) is 6.92 Å². The summed E-state index contributed by atoms with van der Waals surface area (Å²) < 4.78 is 18.9. The van der Waals surface area contributed by atoms with E-state index in [2.05, 4.69) is 4.98 Å². The Kier molecular flexibility index (Phi) is 3.35. The highest BCUT2D eigenvalue weighted by atomic mass is 19.1. The largest absolute Gasteiger partial charge is 0.454 e. The van der Waals surface area contributed by atoms with Gasteiger partial charge in [-0.2, -0.15) is 0 Å². The first-order valence-corrected chi connectivity index (χ1v) is 5.28. The number of aromatic nitrogens is 1. The van der Waals surface area contributed by atoms with Crippen molar-refractivity contribution in [1.29, 1.82) is 0 Å². The van der Waals surface area contributed by atoms with Gasteiger partial charge in [0.25, 0.3) is 0 Å². The molecule has 0 fully saturated rings. The van der Waals surface area contributed by atoms with Crippen molar-refractivity contribution in [2.24, 2.45) is 5.73 Å². The van der Waals surface area contributed by atoms with Gasteiger partial charge in [-0.3, -0.25) is 4.98 Å². The fourth-order valence-corrected chi connectivity index (χ4v) is 1.45.